The molecule has 0 aliphatic heterocycles. The van der Waals surface area contributed by atoms with Crippen LogP contribution in [0.5, 0.6) is 0 Å². The van der Waals surface area contributed by atoms with Gasteiger partial charge in [0.25, 0.3) is 0 Å². The summed E-state index contributed by atoms with van der Waals surface area (Å²) in [6.07, 6.45) is 3.09. The monoisotopic (exact) mass is 368 g/mol. The van der Waals surface area contributed by atoms with Gasteiger partial charge >= 0.3 is 0 Å². The quantitative estimate of drug-likeness (QED) is 0.606. The number of benzene rings is 2. The van der Waals surface area contributed by atoms with Crippen LogP contribution in [0.15, 0.2) is 48.7 Å². The minimum atomic E-state index is -0.161. The molecule has 5 heteroatoms. The number of fused-ring (bicyclic) bond motifs is 1. The Labute approximate surface area is 157 Å². The zero-order valence-electron chi connectivity index (χ0n) is 14.9. The molecule has 0 unspecified atom stereocenters. The highest BCUT2D eigenvalue weighted by Gasteiger charge is 2.16. The fraction of sp³-hybridized carbons (Fsp3) is 0.238. The molecule has 0 spiro atoms. The van der Waals surface area contributed by atoms with Gasteiger partial charge in [-0.1, -0.05) is 42.8 Å². The number of carbonyl (C=O) groups is 2. The lowest BCUT2D eigenvalue weighted by molar-refractivity contribution is -0.116. The van der Waals surface area contributed by atoms with Crippen LogP contribution in [0.2, 0.25) is 5.02 Å². The van der Waals surface area contributed by atoms with E-state index in [4.69, 9.17) is 11.6 Å². The Hall–Kier alpha value is -2.59. The summed E-state index contributed by atoms with van der Waals surface area (Å²) in [5, 5.41) is 4.40. The van der Waals surface area contributed by atoms with Crippen LogP contribution in [0.3, 0.4) is 0 Å². The Kier molecular flexibility index (Phi) is 5.43. The maximum absolute atomic E-state index is 12.5. The van der Waals surface area contributed by atoms with Gasteiger partial charge in [0, 0.05) is 39.8 Å². The molecule has 1 amide bonds. The highest BCUT2D eigenvalue weighted by Crippen LogP contribution is 2.25. The van der Waals surface area contributed by atoms with E-state index < -0.39 is 0 Å². The molecule has 1 heterocycles. The van der Waals surface area contributed by atoms with Crippen LogP contribution in [-0.2, 0) is 11.3 Å². The Morgan fingerprint density at radius 3 is 2.65 bits per heavy atom. The van der Waals surface area contributed by atoms with Crippen LogP contribution in [0.25, 0.3) is 10.9 Å². The van der Waals surface area contributed by atoms with Crippen molar-refractivity contribution in [3.05, 3.63) is 64.8 Å². The molecule has 4 nitrogen and oxygen atoms in total. The first-order valence-corrected chi connectivity index (χ1v) is 9.05. The summed E-state index contributed by atoms with van der Waals surface area (Å²) in [6.45, 7) is 3.98. The van der Waals surface area contributed by atoms with Gasteiger partial charge < -0.3 is 9.88 Å². The minimum absolute atomic E-state index is 0.105. The third kappa shape index (κ3) is 3.65. The predicted octanol–water partition coefficient (Wildman–Crippen LogP) is 5.22. The van der Waals surface area contributed by atoms with Crippen molar-refractivity contribution in [2.75, 3.05) is 5.32 Å². The van der Waals surface area contributed by atoms with E-state index in [0.717, 1.165) is 22.9 Å². The largest absolute Gasteiger partial charge is 0.337 e. The first-order valence-electron chi connectivity index (χ1n) is 8.67. The van der Waals surface area contributed by atoms with Crippen molar-refractivity contribution < 1.29 is 9.59 Å². The molecule has 0 fully saturated rings. The smallest absolute Gasteiger partial charge is 0.244 e. The highest BCUT2D eigenvalue weighted by atomic mass is 35.5. The van der Waals surface area contributed by atoms with Gasteiger partial charge in [-0.25, -0.2) is 0 Å². The van der Waals surface area contributed by atoms with Gasteiger partial charge in [0.2, 0.25) is 5.91 Å². The van der Waals surface area contributed by atoms with Crippen molar-refractivity contribution in [2.24, 2.45) is 0 Å². The minimum Gasteiger partial charge on any atom is -0.337 e. The van der Waals surface area contributed by atoms with Crippen molar-refractivity contribution in [3.8, 4) is 0 Å². The topological polar surface area (TPSA) is 51.1 Å². The Morgan fingerprint density at radius 2 is 1.88 bits per heavy atom. The summed E-state index contributed by atoms with van der Waals surface area (Å²) in [4.78, 5) is 24.9. The molecule has 0 aliphatic rings. The summed E-state index contributed by atoms with van der Waals surface area (Å²) >= 11 is 6.11. The number of rotatable bonds is 6. The van der Waals surface area contributed by atoms with Gasteiger partial charge in [-0.05, 0) is 37.1 Å². The van der Waals surface area contributed by atoms with E-state index in [0.29, 0.717) is 22.7 Å². The zero-order chi connectivity index (χ0) is 18.7. The number of carbonyl (C=O) groups excluding carboxylic acids is 2. The number of ketones is 1. The molecule has 3 rings (SSSR count). The summed E-state index contributed by atoms with van der Waals surface area (Å²) in [6, 6.07) is 13.1. The maximum atomic E-state index is 12.5. The second-order valence-electron chi connectivity index (χ2n) is 6.32. The lowest BCUT2D eigenvalue weighted by Gasteiger charge is -2.10. The van der Waals surface area contributed by atoms with Crippen LogP contribution >= 0.6 is 11.6 Å². The molecule has 0 radical (unpaired) electrons. The molecule has 0 bridgehead atoms. The number of Topliss-reactive ketones (excluding diaryl/α,β-unsaturated/α-hetero) is 1. The second-order valence-corrected chi connectivity index (χ2v) is 6.73. The van der Waals surface area contributed by atoms with E-state index >= 15 is 0 Å². The van der Waals surface area contributed by atoms with E-state index in [9.17, 15) is 9.59 Å². The molecule has 134 valence electrons. The van der Waals surface area contributed by atoms with Gasteiger partial charge in [0.1, 0.15) is 6.54 Å². The molecule has 3 aromatic rings. The van der Waals surface area contributed by atoms with E-state index in [1.165, 1.54) is 0 Å². The second kappa shape index (κ2) is 7.75. The van der Waals surface area contributed by atoms with Crippen molar-refractivity contribution in [1.82, 2.24) is 4.57 Å². The number of hydrogen-bond donors (Lipinski definition) is 1. The Bertz CT molecular complexity index is 975. The number of aromatic nitrogens is 1. The van der Waals surface area contributed by atoms with E-state index in [1.807, 2.05) is 48.7 Å². The summed E-state index contributed by atoms with van der Waals surface area (Å²) in [5.41, 5.74) is 3.08. The number of hydrogen-bond acceptors (Lipinski definition) is 2. The first-order chi connectivity index (χ1) is 12.5. The molecular formula is C21H21ClN2O2. The molecule has 26 heavy (non-hydrogen) atoms. The number of anilines is 1. The van der Waals surface area contributed by atoms with Gasteiger partial charge in [-0.3, -0.25) is 9.59 Å². The number of nitrogens with one attached hydrogen (secondary N) is 1. The lowest BCUT2D eigenvalue weighted by Crippen LogP contribution is -2.18. The number of halogens is 1. The first kappa shape index (κ1) is 18.2. The van der Waals surface area contributed by atoms with Crippen molar-refractivity contribution in [2.45, 2.75) is 33.2 Å². The fourth-order valence-electron chi connectivity index (χ4n) is 3.05. The third-order valence-corrected chi connectivity index (χ3v) is 4.83. The zero-order valence-corrected chi connectivity index (χ0v) is 15.6. The predicted molar refractivity (Wildman–Crippen MR) is 106 cm³/mol. The van der Waals surface area contributed by atoms with Gasteiger partial charge in [0.05, 0.1) is 0 Å². The van der Waals surface area contributed by atoms with Crippen LogP contribution in [-0.4, -0.2) is 16.3 Å². The standard InChI is InChI=1S/C21H21ClN2O2/c1-3-7-20(25)16-12-24(19-11-5-4-8-15(16)19)13-21(26)23-18-10-6-9-17(22)14(18)2/h4-6,8-12H,3,7,13H2,1-2H3,(H,23,26). The molecule has 2 aromatic carbocycles. The van der Waals surface area contributed by atoms with Crippen LogP contribution < -0.4 is 5.32 Å². The van der Waals surface area contributed by atoms with Crippen LogP contribution in [0.1, 0.15) is 35.7 Å². The van der Waals surface area contributed by atoms with E-state index in [-0.39, 0.29) is 18.2 Å². The van der Waals surface area contributed by atoms with E-state index in [1.54, 1.807) is 18.3 Å². The highest BCUT2D eigenvalue weighted by molar-refractivity contribution is 6.31. The fourth-order valence-corrected chi connectivity index (χ4v) is 3.22. The third-order valence-electron chi connectivity index (χ3n) is 4.42. The SMILES string of the molecule is CCCC(=O)c1cn(CC(=O)Nc2cccc(Cl)c2C)c2ccccc12. The molecule has 1 N–H and O–H groups in total. The van der Waals surface area contributed by atoms with E-state index in [2.05, 4.69) is 5.32 Å². The average molecular weight is 369 g/mol. The van der Waals surface area contributed by atoms with Crippen molar-refractivity contribution in [3.63, 3.8) is 0 Å². The van der Waals surface area contributed by atoms with Crippen molar-refractivity contribution in [1.29, 1.82) is 0 Å². The molecule has 0 saturated heterocycles. The lowest BCUT2D eigenvalue weighted by atomic mass is 10.1. The number of amides is 1. The maximum Gasteiger partial charge on any atom is 0.244 e. The molecule has 1 aromatic heterocycles. The number of nitrogens with zero attached hydrogens (tertiary/aromatic N) is 1. The average Bonchev–Trinajstić information content (AvgIpc) is 2.98. The molecule has 0 atom stereocenters. The molecule has 0 saturated carbocycles. The van der Waals surface area contributed by atoms with Gasteiger partial charge in [-0.2, -0.15) is 0 Å². The van der Waals surface area contributed by atoms with Crippen LogP contribution in [0.4, 0.5) is 5.69 Å². The number of para-hydroxylation sites is 1. The molecule has 0 aliphatic carbocycles. The summed E-state index contributed by atoms with van der Waals surface area (Å²) in [5.74, 6) is -0.0563. The van der Waals surface area contributed by atoms with Gasteiger partial charge in [0.15, 0.2) is 5.78 Å². The van der Waals surface area contributed by atoms with Crippen molar-refractivity contribution >= 4 is 39.9 Å². The Balaban J connectivity index is 1.87. The summed E-state index contributed by atoms with van der Waals surface area (Å²) in [7, 11) is 0. The Morgan fingerprint density at radius 1 is 1.12 bits per heavy atom. The van der Waals surface area contributed by atoms with Gasteiger partial charge in [-0.15, -0.1) is 0 Å². The normalized spacial score (nSPS) is 10.9. The summed E-state index contributed by atoms with van der Waals surface area (Å²) < 4.78 is 1.83. The van der Waals surface area contributed by atoms with Crippen LogP contribution in [0, 0.1) is 6.92 Å². The molecular weight excluding hydrogens is 348 g/mol.